The second kappa shape index (κ2) is 6.98. The number of carboxylic acids is 1. The Bertz CT molecular complexity index is 580. The number of carbonyl (C=O) groups is 2. The van der Waals surface area contributed by atoms with Gasteiger partial charge in [-0.25, -0.2) is 4.79 Å². The highest BCUT2D eigenvalue weighted by Crippen LogP contribution is 2.32. The molecule has 1 saturated heterocycles. The van der Waals surface area contributed by atoms with Gasteiger partial charge in [0.1, 0.15) is 5.60 Å². The fourth-order valence-electron chi connectivity index (χ4n) is 2.67. The number of aromatic nitrogens is 1. The van der Waals surface area contributed by atoms with E-state index in [-0.39, 0.29) is 18.6 Å². The van der Waals surface area contributed by atoms with E-state index in [0.29, 0.717) is 13.0 Å². The molecule has 6 nitrogen and oxygen atoms in total. The van der Waals surface area contributed by atoms with Gasteiger partial charge in [0.05, 0.1) is 18.2 Å². The molecule has 1 amide bonds. The van der Waals surface area contributed by atoms with Gasteiger partial charge in [-0.15, -0.1) is 0 Å². The number of ether oxygens (including phenoxy) is 1. The van der Waals surface area contributed by atoms with E-state index in [2.05, 4.69) is 4.98 Å². The third-order valence-corrected chi connectivity index (χ3v) is 3.65. The molecule has 0 saturated carbocycles. The van der Waals surface area contributed by atoms with Crippen molar-refractivity contribution in [3.8, 4) is 0 Å². The van der Waals surface area contributed by atoms with E-state index < -0.39 is 11.6 Å². The van der Waals surface area contributed by atoms with Crippen LogP contribution in [-0.4, -0.2) is 39.2 Å². The van der Waals surface area contributed by atoms with E-state index in [4.69, 9.17) is 9.84 Å². The van der Waals surface area contributed by atoms with Crippen molar-refractivity contribution in [3.05, 3.63) is 29.6 Å². The molecule has 0 aromatic carbocycles. The quantitative estimate of drug-likeness (QED) is 0.921. The Morgan fingerprint density at radius 3 is 2.78 bits per heavy atom. The minimum atomic E-state index is -0.839. The summed E-state index contributed by atoms with van der Waals surface area (Å²) in [4.78, 5) is 29.3. The van der Waals surface area contributed by atoms with E-state index >= 15 is 0 Å². The number of amides is 1. The zero-order chi connectivity index (χ0) is 17.0. The van der Waals surface area contributed by atoms with Gasteiger partial charge < -0.3 is 9.84 Å². The Kier molecular flexibility index (Phi) is 5.23. The van der Waals surface area contributed by atoms with Crippen molar-refractivity contribution in [3.63, 3.8) is 0 Å². The first-order chi connectivity index (χ1) is 10.8. The minimum absolute atomic E-state index is 0.0525. The molecule has 1 aliphatic rings. The molecule has 0 spiro atoms. The Hall–Kier alpha value is -2.11. The zero-order valence-electron chi connectivity index (χ0n) is 13.9. The third-order valence-electron chi connectivity index (χ3n) is 3.65. The minimum Gasteiger partial charge on any atom is -0.481 e. The van der Waals surface area contributed by atoms with Gasteiger partial charge >= 0.3 is 12.1 Å². The molecule has 1 aromatic heterocycles. The Labute approximate surface area is 136 Å². The van der Waals surface area contributed by atoms with E-state index in [9.17, 15) is 9.59 Å². The van der Waals surface area contributed by atoms with Gasteiger partial charge in [0, 0.05) is 18.7 Å². The normalized spacial score (nSPS) is 18.0. The van der Waals surface area contributed by atoms with Crippen LogP contribution in [0.3, 0.4) is 0 Å². The van der Waals surface area contributed by atoms with Crippen molar-refractivity contribution >= 4 is 12.1 Å². The number of nitrogens with zero attached hydrogens (tertiary/aromatic N) is 2. The fraction of sp³-hybridized carbons (Fsp3) is 0.588. The summed E-state index contributed by atoms with van der Waals surface area (Å²) in [6.07, 6.45) is 1.87. The molecule has 23 heavy (non-hydrogen) atoms. The lowest BCUT2D eigenvalue weighted by Crippen LogP contribution is -2.36. The molecule has 0 aliphatic carbocycles. The van der Waals surface area contributed by atoms with E-state index in [1.165, 1.54) is 0 Å². The van der Waals surface area contributed by atoms with Gasteiger partial charge in [-0.3, -0.25) is 14.7 Å². The average Bonchev–Trinajstić information content (AvgIpc) is 2.93. The smallest absolute Gasteiger partial charge is 0.410 e. The van der Waals surface area contributed by atoms with Crippen LogP contribution in [0.25, 0.3) is 0 Å². The monoisotopic (exact) mass is 320 g/mol. The highest BCUT2D eigenvalue weighted by molar-refractivity contribution is 5.69. The third kappa shape index (κ3) is 4.94. The fourth-order valence-corrected chi connectivity index (χ4v) is 2.67. The number of likely N-dealkylation sites (tertiary alicyclic amines) is 1. The molecule has 1 atom stereocenters. The Morgan fingerprint density at radius 1 is 1.39 bits per heavy atom. The van der Waals surface area contributed by atoms with Gasteiger partial charge in [-0.05, 0) is 45.7 Å². The molecule has 1 fully saturated rings. The van der Waals surface area contributed by atoms with Gasteiger partial charge in [0.15, 0.2) is 0 Å². The molecule has 1 aliphatic heterocycles. The number of carboxylic acid groups (broad SMARTS) is 1. The van der Waals surface area contributed by atoms with Gasteiger partial charge in [0.25, 0.3) is 0 Å². The molecule has 0 radical (unpaired) electrons. The molecule has 1 aromatic rings. The lowest BCUT2D eigenvalue weighted by Gasteiger charge is -2.28. The second-order valence-electron chi connectivity index (χ2n) is 6.78. The SMILES string of the molecule is CC(C)(C)OC(=O)N1CCC[C@@H]1c1cccc(CCC(=O)O)n1. The summed E-state index contributed by atoms with van der Waals surface area (Å²) in [7, 11) is 0. The zero-order valence-corrected chi connectivity index (χ0v) is 13.9. The maximum absolute atomic E-state index is 12.3. The Morgan fingerprint density at radius 2 is 2.13 bits per heavy atom. The van der Waals surface area contributed by atoms with Crippen LogP contribution in [0.15, 0.2) is 18.2 Å². The number of aryl methyl sites for hydroxylation is 1. The van der Waals surface area contributed by atoms with Crippen LogP contribution < -0.4 is 0 Å². The summed E-state index contributed by atoms with van der Waals surface area (Å²) in [5, 5.41) is 8.78. The molecule has 0 unspecified atom stereocenters. The maximum Gasteiger partial charge on any atom is 0.410 e. The van der Waals surface area contributed by atoms with Gasteiger partial charge in [0.2, 0.25) is 0 Å². The second-order valence-corrected chi connectivity index (χ2v) is 6.78. The van der Waals surface area contributed by atoms with Crippen molar-refractivity contribution < 1.29 is 19.4 Å². The van der Waals surface area contributed by atoms with E-state index in [1.54, 1.807) is 4.90 Å². The van der Waals surface area contributed by atoms with Gasteiger partial charge in [-0.2, -0.15) is 0 Å². The first-order valence-corrected chi connectivity index (χ1v) is 7.93. The number of carbonyl (C=O) groups excluding carboxylic acids is 1. The summed E-state index contributed by atoms with van der Waals surface area (Å²) >= 11 is 0. The number of aliphatic carboxylic acids is 1. The van der Waals surface area contributed by atoms with Crippen LogP contribution >= 0.6 is 0 Å². The van der Waals surface area contributed by atoms with E-state index in [1.807, 2.05) is 39.0 Å². The first-order valence-electron chi connectivity index (χ1n) is 7.93. The van der Waals surface area contributed by atoms with Crippen LogP contribution in [0.2, 0.25) is 0 Å². The van der Waals surface area contributed by atoms with Crippen LogP contribution in [0.5, 0.6) is 0 Å². The maximum atomic E-state index is 12.3. The summed E-state index contributed by atoms with van der Waals surface area (Å²) in [5.74, 6) is -0.839. The van der Waals surface area contributed by atoms with Crippen molar-refractivity contribution in [1.82, 2.24) is 9.88 Å². The highest BCUT2D eigenvalue weighted by Gasteiger charge is 2.33. The molecular weight excluding hydrogens is 296 g/mol. The number of pyridine rings is 1. The van der Waals surface area contributed by atoms with Gasteiger partial charge in [-0.1, -0.05) is 6.07 Å². The topological polar surface area (TPSA) is 79.7 Å². The van der Waals surface area contributed by atoms with Crippen molar-refractivity contribution in [1.29, 1.82) is 0 Å². The highest BCUT2D eigenvalue weighted by atomic mass is 16.6. The Balaban J connectivity index is 2.11. The predicted molar refractivity (Wildman–Crippen MR) is 85.1 cm³/mol. The number of hydrogen-bond donors (Lipinski definition) is 1. The molecule has 2 rings (SSSR count). The van der Waals surface area contributed by atoms with Crippen LogP contribution in [0.4, 0.5) is 4.79 Å². The lowest BCUT2D eigenvalue weighted by molar-refractivity contribution is -0.136. The molecule has 2 heterocycles. The lowest BCUT2D eigenvalue weighted by atomic mass is 10.1. The molecule has 1 N–H and O–H groups in total. The van der Waals surface area contributed by atoms with E-state index in [0.717, 1.165) is 24.2 Å². The molecule has 126 valence electrons. The number of hydrogen-bond acceptors (Lipinski definition) is 4. The van der Waals surface area contributed by atoms with Crippen molar-refractivity contribution in [2.45, 2.75) is 58.1 Å². The summed E-state index contributed by atoms with van der Waals surface area (Å²) in [6, 6.07) is 5.47. The molecule has 0 bridgehead atoms. The van der Waals surface area contributed by atoms with Crippen molar-refractivity contribution in [2.75, 3.05) is 6.54 Å². The summed E-state index contributed by atoms with van der Waals surface area (Å²) in [6.45, 7) is 6.20. The van der Waals surface area contributed by atoms with Crippen LogP contribution in [0.1, 0.15) is 57.5 Å². The summed E-state index contributed by atoms with van der Waals surface area (Å²) < 4.78 is 5.46. The average molecular weight is 320 g/mol. The molecular formula is C17H24N2O4. The molecule has 6 heteroatoms. The summed E-state index contributed by atoms with van der Waals surface area (Å²) in [5.41, 5.74) is 1.01. The van der Waals surface area contributed by atoms with Crippen LogP contribution in [-0.2, 0) is 16.0 Å². The first kappa shape index (κ1) is 17.2. The van der Waals surface area contributed by atoms with Crippen LogP contribution in [0, 0.1) is 0 Å². The van der Waals surface area contributed by atoms with Crippen molar-refractivity contribution in [2.24, 2.45) is 0 Å². The number of rotatable bonds is 4. The largest absolute Gasteiger partial charge is 0.481 e. The predicted octanol–water partition coefficient (Wildman–Crippen LogP) is 3.17. The standard InChI is InChI=1S/C17H24N2O4/c1-17(2,3)23-16(22)19-11-5-8-14(19)13-7-4-6-12(18-13)9-10-15(20)21/h4,6-7,14H,5,8-11H2,1-3H3,(H,20,21)/t14-/m1/s1.